The molecule has 1 saturated heterocycles. The molecule has 1 atom stereocenters. The first-order chi connectivity index (χ1) is 12.6. The second-order valence-electron chi connectivity index (χ2n) is 6.49. The number of fused-ring (bicyclic) bond motifs is 1. The molecule has 5 nitrogen and oxygen atoms in total. The first kappa shape index (κ1) is 16.5. The Morgan fingerprint density at radius 3 is 2.58 bits per heavy atom. The number of carbonyl (C=O) groups is 2. The number of furan rings is 1. The smallest absolute Gasteiger partial charge is 0.253 e. The fourth-order valence-electron chi connectivity index (χ4n) is 3.15. The van der Waals surface area contributed by atoms with Gasteiger partial charge in [-0.25, -0.2) is 0 Å². The van der Waals surface area contributed by atoms with Gasteiger partial charge >= 0.3 is 0 Å². The van der Waals surface area contributed by atoms with E-state index < -0.39 is 6.10 Å². The van der Waals surface area contributed by atoms with E-state index in [1.54, 1.807) is 18.2 Å². The monoisotopic (exact) mass is 349 g/mol. The fourth-order valence-corrected chi connectivity index (χ4v) is 3.15. The van der Waals surface area contributed by atoms with Gasteiger partial charge in [0.05, 0.1) is 5.69 Å². The molecule has 1 amide bonds. The lowest BCUT2D eigenvalue weighted by Crippen LogP contribution is -2.27. The molecule has 0 unspecified atom stereocenters. The van der Waals surface area contributed by atoms with Crippen LogP contribution in [0.2, 0.25) is 0 Å². The number of hydrogen-bond donors (Lipinski definition) is 1. The summed E-state index contributed by atoms with van der Waals surface area (Å²) < 4.78 is 11.3. The van der Waals surface area contributed by atoms with Crippen molar-refractivity contribution in [3.05, 3.63) is 65.4 Å². The topological polar surface area (TPSA) is 68.5 Å². The van der Waals surface area contributed by atoms with Crippen LogP contribution in [-0.4, -0.2) is 24.4 Å². The summed E-state index contributed by atoms with van der Waals surface area (Å²) in [4.78, 5) is 25.5. The van der Waals surface area contributed by atoms with E-state index in [1.165, 1.54) is 0 Å². The van der Waals surface area contributed by atoms with E-state index in [1.807, 2.05) is 37.3 Å². The van der Waals surface area contributed by atoms with E-state index >= 15 is 0 Å². The van der Waals surface area contributed by atoms with Gasteiger partial charge in [0, 0.05) is 17.6 Å². The number of amides is 1. The maximum absolute atomic E-state index is 13.0. The molecular formula is C21H19NO4. The molecule has 4 rings (SSSR count). The maximum Gasteiger partial charge on any atom is 0.253 e. The lowest BCUT2D eigenvalue weighted by Gasteiger charge is -2.10. The van der Waals surface area contributed by atoms with Crippen LogP contribution < -0.4 is 5.32 Å². The Labute approximate surface area is 150 Å². The molecule has 1 fully saturated rings. The Morgan fingerprint density at radius 1 is 1.08 bits per heavy atom. The molecule has 0 spiro atoms. The first-order valence-electron chi connectivity index (χ1n) is 8.69. The number of aryl methyl sites for hydroxylation is 1. The lowest BCUT2D eigenvalue weighted by molar-refractivity contribution is -0.124. The van der Waals surface area contributed by atoms with Gasteiger partial charge in [-0.05, 0) is 31.9 Å². The number of ketones is 1. The molecule has 2 aromatic carbocycles. The van der Waals surface area contributed by atoms with E-state index in [2.05, 4.69) is 5.32 Å². The lowest BCUT2D eigenvalue weighted by atomic mass is 10.1. The molecule has 26 heavy (non-hydrogen) atoms. The van der Waals surface area contributed by atoms with Crippen molar-refractivity contribution >= 4 is 28.3 Å². The summed E-state index contributed by atoms with van der Waals surface area (Å²) in [7, 11) is 0. The average Bonchev–Trinajstić information content (AvgIpc) is 3.30. The number of benzene rings is 2. The van der Waals surface area contributed by atoms with Crippen molar-refractivity contribution in [2.45, 2.75) is 25.9 Å². The Balaban J connectivity index is 1.74. The molecule has 3 aromatic rings. The summed E-state index contributed by atoms with van der Waals surface area (Å²) in [6.45, 7) is 2.54. The predicted octanol–water partition coefficient (Wildman–Crippen LogP) is 4.09. The van der Waals surface area contributed by atoms with Crippen molar-refractivity contribution in [3.63, 3.8) is 0 Å². The first-order valence-corrected chi connectivity index (χ1v) is 8.69. The van der Waals surface area contributed by atoms with Gasteiger partial charge < -0.3 is 14.5 Å². The van der Waals surface area contributed by atoms with Crippen molar-refractivity contribution in [1.29, 1.82) is 0 Å². The molecule has 0 aliphatic carbocycles. The van der Waals surface area contributed by atoms with Crippen LogP contribution in [0.1, 0.15) is 34.5 Å². The quantitative estimate of drug-likeness (QED) is 0.720. The third kappa shape index (κ3) is 3.02. The summed E-state index contributed by atoms with van der Waals surface area (Å²) in [5, 5.41) is 3.56. The van der Waals surface area contributed by atoms with E-state index in [0.717, 1.165) is 12.0 Å². The highest BCUT2D eigenvalue weighted by Crippen LogP contribution is 2.33. The Morgan fingerprint density at radius 2 is 1.85 bits per heavy atom. The van der Waals surface area contributed by atoms with E-state index in [9.17, 15) is 9.59 Å². The molecule has 1 aromatic heterocycles. The van der Waals surface area contributed by atoms with Crippen molar-refractivity contribution in [3.8, 4) is 0 Å². The van der Waals surface area contributed by atoms with Crippen molar-refractivity contribution in [2.24, 2.45) is 0 Å². The number of ether oxygens (including phenoxy) is 1. The highest BCUT2D eigenvalue weighted by atomic mass is 16.5. The van der Waals surface area contributed by atoms with Crippen LogP contribution in [0, 0.1) is 6.92 Å². The minimum atomic E-state index is -0.481. The summed E-state index contributed by atoms with van der Waals surface area (Å²) >= 11 is 0. The van der Waals surface area contributed by atoms with Crippen LogP contribution in [0.15, 0.2) is 52.9 Å². The van der Waals surface area contributed by atoms with E-state index in [-0.39, 0.29) is 17.5 Å². The zero-order chi connectivity index (χ0) is 18.1. The number of carbonyl (C=O) groups excluding carboxylic acids is 2. The summed E-state index contributed by atoms with van der Waals surface area (Å²) in [5.41, 5.74) is 2.55. The van der Waals surface area contributed by atoms with Crippen LogP contribution in [0.25, 0.3) is 11.0 Å². The minimum absolute atomic E-state index is 0.140. The number of nitrogens with one attached hydrogen (secondary N) is 1. The molecule has 0 bridgehead atoms. The van der Waals surface area contributed by atoms with Crippen molar-refractivity contribution in [2.75, 3.05) is 11.9 Å². The molecule has 0 radical (unpaired) electrons. The van der Waals surface area contributed by atoms with E-state index in [4.69, 9.17) is 9.15 Å². The largest absolute Gasteiger partial charge is 0.450 e. The molecular weight excluding hydrogens is 330 g/mol. The van der Waals surface area contributed by atoms with E-state index in [0.29, 0.717) is 35.2 Å². The zero-order valence-corrected chi connectivity index (χ0v) is 14.5. The SMILES string of the molecule is Cc1ccc(C(=O)c2oc3ccccc3c2NC(=O)[C@@H]2CCCO2)cc1. The predicted molar refractivity (Wildman–Crippen MR) is 98.4 cm³/mol. The number of para-hydroxylation sites is 1. The van der Waals surface area contributed by atoms with Gasteiger partial charge in [-0.15, -0.1) is 0 Å². The third-order valence-corrected chi connectivity index (χ3v) is 4.59. The molecule has 1 aliphatic rings. The summed E-state index contributed by atoms with van der Waals surface area (Å²) in [6, 6.07) is 14.6. The van der Waals surface area contributed by atoms with Gasteiger partial charge in [0.15, 0.2) is 5.76 Å². The normalized spacial score (nSPS) is 16.7. The Bertz CT molecular complexity index is 965. The van der Waals surface area contributed by atoms with Crippen LogP contribution in [0.4, 0.5) is 5.69 Å². The molecule has 5 heteroatoms. The van der Waals surface area contributed by atoms with Gasteiger partial charge in [-0.1, -0.05) is 42.0 Å². The highest BCUT2D eigenvalue weighted by molar-refractivity contribution is 6.17. The van der Waals surface area contributed by atoms with Gasteiger partial charge in [0.25, 0.3) is 5.91 Å². The highest BCUT2D eigenvalue weighted by Gasteiger charge is 2.28. The molecule has 1 aliphatic heterocycles. The average molecular weight is 349 g/mol. The number of hydrogen-bond acceptors (Lipinski definition) is 4. The van der Waals surface area contributed by atoms with Crippen LogP contribution in [0.3, 0.4) is 0 Å². The van der Waals surface area contributed by atoms with Crippen molar-refractivity contribution in [1.82, 2.24) is 0 Å². The maximum atomic E-state index is 13.0. The molecule has 132 valence electrons. The second kappa shape index (κ2) is 6.77. The molecule has 2 heterocycles. The Kier molecular flexibility index (Phi) is 4.31. The van der Waals surface area contributed by atoms with Gasteiger partial charge in [0.1, 0.15) is 11.7 Å². The van der Waals surface area contributed by atoms with Gasteiger partial charge in [-0.2, -0.15) is 0 Å². The second-order valence-corrected chi connectivity index (χ2v) is 6.49. The van der Waals surface area contributed by atoms with Crippen LogP contribution in [-0.2, 0) is 9.53 Å². The number of rotatable bonds is 4. The molecule has 0 saturated carbocycles. The zero-order valence-electron chi connectivity index (χ0n) is 14.5. The minimum Gasteiger partial charge on any atom is -0.450 e. The third-order valence-electron chi connectivity index (χ3n) is 4.59. The van der Waals surface area contributed by atoms with Crippen LogP contribution in [0.5, 0.6) is 0 Å². The van der Waals surface area contributed by atoms with Gasteiger partial charge in [-0.3, -0.25) is 9.59 Å². The van der Waals surface area contributed by atoms with Crippen molar-refractivity contribution < 1.29 is 18.7 Å². The number of anilines is 1. The van der Waals surface area contributed by atoms with Gasteiger partial charge in [0.2, 0.25) is 5.78 Å². The Hall–Kier alpha value is -2.92. The molecule has 1 N–H and O–H groups in total. The summed E-state index contributed by atoms with van der Waals surface area (Å²) in [5.74, 6) is -0.364. The summed E-state index contributed by atoms with van der Waals surface area (Å²) in [6.07, 6.45) is 1.06. The standard InChI is InChI=1S/C21H19NO4/c1-13-8-10-14(11-9-13)19(23)20-18(15-5-2-3-6-16(15)26-20)22-21(24)17-7-4-12-25-17/h2-3,5-6,8-11,17H,4,7,12H2,1H3,(H,22,24)/t17-/m0/s1. The van der Waals surface area contributed by atoms with Crippen LogP contribution >= 0.6 is 0 Å². The fraction of sp³-hybridized carbons (Fsp3) is 0.238.